The molecule has 1 aliphatic rings. The molecule has 0 saturated carbocycles. The van der Waals surface area contributed by atoms with Gasteiger partial charge in [0, 0.05) is 11.3 Å². The van der Waals surface area contributed by atoms with Crippen LogP contribution in [0.4, 0.5) is 0 Å². The largest absolute Gasteiger partial charge is 0.480 e. The molecule has 2 heterocycles. The third-order valence-corrected chi connectivity index (χ3v) is 5.05. The van der Waals surface area contributed by atoms with E-state index >= 15 is 0 Å². The van der Waals surface area contributed by atoms with Crippen molar-refractivity contribution in [3.63, 3.8) is 0 Å². The van der Waals surface area contributed by atoms with Gasteiger partial charge in [-0.3, -0.25) is 4.79 Å². The van der Waals surface area contributed by atoms with Crippen molar-refractivity contribution in [2.75, 3.05) is 0 Å². The number of carbonyl (C=O) groups excluding carboxylic acids is 1. The maximum absolute atomic E-state index is 12.3. The highest BCUT2D eigenvalue weighted by molar-refractivity contribution is 7.14. The third-order valence-electron chi connectivity index (χ3n) is 3.81. The Labute approximate surface area is 132 Å². The van der Waals surface area contributed by atoms with Crippen molar-refractivity contribution in [3.8, 4) is 0 Å². The predicted molar refractivity (Wildman–Crippen MR) is 82.3 cm³/mol. The van der Waals surface area contributed by atoms with Gasteiger partial charge in [-0.05, 0) is 49.4 Å². The average Bonchev–Trinajstić information content (AvgIpc) is 3.15. The summed E-state index contributed by atoms with van der Waals surface area (Å²) < 4.78 is 5.16. The van der Waals surface area contributed by atoms with Gasteiger partial charge in [-0.15, -0.1) is 11.3 Å². The Morgan fingerprint density at radius 2 is 2.18 bits per heavy atom. The number of carboxylic acids is 1. The summed E-state index contributed by atoms with van der Waals surface area (Å²) in [6, 6.07) is 4.31. The molecule has 0 saturated heterocycles. The summed E-state index contributed by atoms with van der Waals surface area (Å²) in [6.07, 6.45) is 5.96. The first kappa shape index (κ1) is 14.8. The van der Waals surface area contributed by atoms with Crippen LogP contribution in [0.1, 0.15) is 38.7 Å². The zero-order chi connectivity index (χ0) is 15.5. The number of amides is 1. The molecule has 116 valence electrons. The molecule has 6 heteroatoms. The number of furan rings is 1. The third kappa shape index (κ3) is 3.22. The van der Waals surface area contributed by atoms with Gasteiger partial charge in [0.25, 0.3) is 5.91 Å². The zero-order valence-corrected chi connectivity index (χ0v) is 12.8. The first-order valence-electron chi connectivity index (χ1n) is 7.31. The quantitative estimate of drug-likeness (QED) is 0.888. The van der Waals surface area contributed by atoms with Crippen LogP contribution in [0.3, 0.4) is 0 Å². The molecule has 5 nitrogen and oxygen atoms in total. The lowest BCUT2D eigenvalue weighted by atomic mass is 9.99. The van der Waals surface area contributed by atoms with Gasteiger partial charge in [-0.1, -0.05) is 0 Å². The van der Waals surface area contributed by atoms with Crippen molar-refractivity contribution in [2.45, 2.75) is 38.1 Å². The molecule has 0 aliphatic heterocycles. The van der Waals surface area contributed by atoms with Gasteiger partial charge in [-0.2, -0.15) is 0 Å². The monoisotopic (exact) mass is 319 g/mol. The van der Waals surface area contributed by atoms with Crippen LogP contribution in [0.15, 0.2) is 28.9 Å². The van der Waals surface area contributed by atoms with Crippen LogP contribution in [0.5, 0.6) is 0 Å². The molecule has 22 heavy (non-hydrogen) atoms. The molecule has 0 bridgehead atoms. The first-order chi connectivity index (χ1) is 10.6. The highest BCUT2D eigenvalue weighted by atomic mass is 32.1. The van der Waals surface area contributed by atoms with Gasteiger partial charge < -0.3 is 14.8 Å². The van der Waals surface area contributed by atoms with Crippen molar-refractivity contribution >= 4 is 23.2 Å². The first-order valence-corrected chi connectivity index (χ1v) is 8.13. The molecule has 1 atom stereocenters. The normalized spacial score (nSPS) is 15.1. The minimum absolute atomic E-state index is 0.138. The lowest BCUT2D eigenvalue weighted by Crippen LogP contribution is -2.42. The highest BCUT2D eigenvalue weighted by Crippen LogP contribution is 2.29. The summed E-state index contributed by atoms with van der Waals surface area (Å²) in [5, 5.41) is 11.9. The smallest absolute Gasteiger partial charge is 0.326 e. The summed E-state index contributed by atoms with van der Waals surface area (Å²) in [4.78, 5) is 25.5. The standard InChI is InChI=1S/C16H17NO4S/c18-15(14-8-10-4-1-2-6-13(10)22-14)17-12(16(19)20)9-11-5-3-7-21-11/h3,5,7-8,12H,1-2,4,6,9H2,(H,17,18)(H,19,20). The number of carboxylic acid groups (broad SMARTS) is 1. The summed E-state index contributed by atoms with van der Waals surface area (Å²) in [5.41, 5.74) is 1.24. The Kier molecular flexibility index (Phi) is 4.29. The minimum atomic E-state index is -1.06. The average molecular weight is 319 g/mol. The van der Waals surface area contributed by atoms with E-state index in [2.05, 4.69) is 5.32 Å². The van der Waals surface area contributed by atoms with E-state index < -0.39 is 12.0 Å². The summed E-state index contributed by atoms with van der Waals surface area (Å²) >= 11 is 1.48. The molecule has 1 aliphatic carbocycles. The number of nitrogens with one attached hydrogen (secondary N) is 1. The fourth-order valence-corrected chi connectivity index (χ4v) is 3.82. The van der Waals surface area contributed by atoms with Crippen LogP contribution < -0.4 is 5.32 Å². The number of aryl methyl sites for hydroxylation is 2. The van der Waals surface area contributed by atoms with E-state index in [9.17, 15) is 14.7 Å². The number of fused-ring (bicyclic) bond motifs is 1. The van der Waals surface area contributed by atoms with E-state index in [4.69, 9.17) is 4.42 Å². The highest BCUT2D eigenvalue weighted by Gasteiger charge is 2.24. The fourth-order valence-electron chi connectivity index (χ4n) is 2.66. The van der Waals surface area contributed by atoms with Crippen molar-refractivity contribution in [2.24, 2.45) is 0 Å². The molecular formula is C16H17NO4S. The molecule has 1 unspecified atom stereocenters. The van der Waals surface area contributed by atoms with Gasteiger partial charge in [0.2, 0.25) is 0 Å². The van der Waals surface area contributed by atoms with Gasteiger partial charge in [0.15, 0.2) is 0 Å². The number of thiophene rings is 1. The SMILES string of the molecule is O=C(NC(Cc1ccco1)C(=O)O)c1cc2c(s1)CCCC2. The van der Waals surface area contributed by atoms with Crippen LogP contribution in [0, 0.1) is 0 Å². The van der Waals surface area contributed by atoms with Gasteiger partial charge in [0.05, 0.1) is 11.1 Å². The molecule has 2 aromatic heterocycles. The molecule has 2 aromatic rings. The number of rotatable bonds is 5. The Morgan fingerprint density at radius 1 is 1.36 bits per heavy atom. The Hall–Kier alpha value is -2.08. The van der Waals surface area contributed by atoms with Crippen LogP contribution >= 0.6 is 11.3 Å². The minimum Gasteiger partial charge on any atom is -0.480 e. The fraction of sp³-hybridized carbons (Fsp3) is 0.375. The second-order valence-electron chi connectivity index (χ2n) is 5.41. The molecule has 0 aromatic carbocycles. The van der Waals surface area contributed by atoms with Crippen molar-refractivity contribution in [1.82, 2.24) is 5.32 Å². The summed E-state index contributed by atoms with van der Waals surface area (Å²) in [5.74, 6) is -0.845. The van der Waals surface area contributed by atoms with Crippen LogP contribution in [-0.4, -0.2) is 23.0 Å². The molecule has 0 fully saturated rings. The molecule has 2 N–H and O–H groups in total. The second-order valence-corrected chi connectivity index (χ2v) is 6.55. The molecule has 1 amide bonds. The van der Waals surface area contributed by atoms with Crippen LogP contribution in [0.2, 0.25) is 0 Å². The summed E-state index contributed by atoms with van der Waals surface area (Å²) in [7, 11) is 0. The molecule has 0 spiro atoms. The topological polar surface area (TPSA) is 79.5 Å². The Balaban J connectivity index is 1.70. The van der Waals surface area contributed by atoms with E-state index in [-0.39, 0.29) is 12.3 Å². The molecule has 3 rings (SSSR count). The molecular weight excluding hydrogens is 302 g/mol. The van der Waals surface area contributed by atoms with E-state index in [0.29, 0.717) is 10.6 Å². The van der Waals surface area contributed by atoms with Crippen LogP contribution in [0.25, 0.3) is 0 Å². The number of hydrogen-bond donors (Lipinski definition) is 2. The number of carbonyl (C=O) groups is 2. The van der Waals surface area contributed by atoms with E-state index in [1.165, 1.54) is 28.0 Å². The number of hydrogen-bond acceptors (Lipinski definition) is 4. The van der Waals surface area contributed by atoms with E-state index in [1.54, 1.807) is 12.1 Å². The lowest BCUT2D eigenvalue weighted by Gasteiger charge is -2.12. The van der Waals surface area contributed by atoms with Crippen molar-refractivity contribution in [3.05, 3.63) is 45.5 Å². The number of aliphatic carboxylic acids is 1. The van der Waals surface area contributed by atoms with E-state index in [0.717, 1.165) is 25.7 Å². The molecule has 0 radical (unpaired) electrons. The summed E-state index contributed by atoms with van der Waals surface area (Å²) in [6.45, 7) is 0. The maximum Gasteiger partial charge on any atom is 0.326 e. The zero-order valence-electron chi connectivity index (χ0n) is 12.0. The van der Waals surface area contributed by atoms with Crippen molar-refractivity contribution in [1.29, 1.82) is 0 Å². The predicted octanol–water partition coefficient (Wildman–Crippen LogP) is 2.65. The van der Waals surface area contributed by atoms with Gasteiger partial charge in [-0.25, -0.2) is 4.79 Å². The maximum atomic E-state index is 12.3. The van der Waals surface area contributed by atoms with Crippen LogP contribution in [-0.2, 0) is 24.1 Å². The Bertz CT molecular complexity index is 651. The Morgan fingerprint density at radius 3 is 2.86 bits per heavy atom. The van der Waals surface area contributed by atoms with Gasteiger partial charge >= 0.3 is 5.97 Å². The lowest BCUT2D eigenvalue weighted by molar-refractivity contribution is -0.139. The van der Waals surface area contributed by atoms with Crippen molar-refractivity contribution < 1.29 is 19.1 Å². The van der Waals surface area contributed by atoms with E-state index in [1.807, 2.05) is 6.07 Å². The van der Waals surface area contributed by atoms with Gasteiger partial charge in [0.1, 0.15) is 11.8 Å². The second kappa shape index (κ2) is 6.36.